The number of hydrogen-bond acceptors (Lipinski definition) is 5. The van der Waals surface area contributed by atoms with Crippen LogP contribution in [0.25, 0.3) is 10.8 Å². The van der Waals surface area contributed by atoms with E-state index in [1.54, 1.807) is 13.8 Å². The molecule has 116 valence electrons. The normalized spacial score (nSPS) is 10.5. The Hall–Kier alpha value is -2.56. The molecule has 1 N–H and O–H groups in total. The lowest BCUT2D eigenvalue weighted by Crippen LogP contribution is -2.40. The van der Waals surface area contributed by atoms with Gasteiger partial charge in [0.05, 0.1) is 13.2 Å². The van der Waals surface area contributed by atoms with Gasteiger partial charge < -0.3 is 14.8 Å². The van der Waals surface area contributed by atoms with Gasteiger partial charge in [0, 0.05) is 11.1 Å². The monoisotopic (exact) mass is 301 g/mol. The molecule has 0 aliphatic rings. The molecule has 2 aromatic carbocycles. The zero-order chi connectivity index (χ0) is 15.9. The number of ether oxygens (including phenoxy) is 2. The summed E-state index contributed by atoms with van der Waals surface area (Å²) >= 11 is 0. The lowest BCUT2D eigenvalue weighted by molar-refractivity contribution is -0.155. The quantitative estimate of drug-likeness (QED) is 0.656. The highest BCUT2D eigenvalue weighted by atomic mass is 16.6. The van der Waals surface area contributed by atoms with Crippen molar-refractivity contribution in [1.82, 2.24) is 0 Å². The summed E-state index contributed by atoms with van der Waals surface area (Å²) < 4.78 is 9.91. The molecular formula is C17H19NO4. The van der Waals surface area contributed by atoms with E-state index in [-0.39, 0.29) is 13.2 Å². The smallest absolute Gasteiger partial charge is 0.340 e. The minimum Gasteiger partial charge on any atom is -0.464 e. The van der Waals surface area contributed by atoms with Crippen LogP contribution in [-0.4, -0.2) is 31.2 Å². The van der Waals surface area contributed by atoms with Crippen LogP contribution in [0, 0.1) is 0 Å². The summed E-state index contributed by atoms with van der Waals surface area (Å²) in [7, 11) is 0. The molecule has 5 nitrogen and oxygen atoms in total. The molecule has 0 amide bonds. The summed E-state index contributed by atoms with van der Waals surface area (Å²) in [5.74, 6) is -1.29. The lowest BCUT2D eigenvalue weighted by atomic mass is 10.1. The molecule has 0 unspecified atom stereocenters. The first-order valence-corrected chi connectivity index (χ1v) is 7.25. The lowest BCUT2D eigenvalue weighted by Gasteiger charge is -2.18. The van der Waals surface area contributed by atoms with Gasteiger partial charge in [-0.25, -0.2) is 9.59 Å². The number of anilines is 1. The Bertz CT molecular complexity index is 645. The van der Waals surface area contributed by atoms with Crippen LogP contribution in [0.4, 0.5) is 5.69 Å². The molecule has 0 saturated carbocycles. The van der Waals surface area contributed by atoms with Crippen LogP contribution in [0.5, 0.6) is 0 Å². The first-order valence-electron chi connectivity index (χ1n) is 7.25. The zero-order valence-electron chi connectivity index (χ0n) is 12.7. The minimum atomic E-state index is -1.18. The average Bonchev–Trinajstić information content (AvgIpc) is 2.53. The Balaban J connectivity index is 2.32. The Morgan fingerprint density at radius 1 is 0.955 bits per heavy atom. The van der Waals surface area contributed by atoms with Crippen molar-refractivity contribution in [3.05, 3.63) is 42.5 Å². The standard InChI is InChI=1S/C17H19NO4/c1-3-21-16(19)15(17(20)22-4-2)18-14-11-7-9-12-8-5-6-10-13(12)14/h5-11,15,18H,3-4H2,1-2H3. The second-order valence-electron chi connectivity index (χ2n) is 4.61. The van der Waals surface area contributed by atoms with Crippen molar-refractivity contribution >= 4 is 28.4 Å². The number of rotatable bonds is 6. The second-order valence-corrected chi connectivity index (χ2v) is 4.61. The van der Waals surface area contributed by atoms with Gasteiger partial charge in [0.1, 0.15) is 0 Å². The fourth-order valence-corrected chi connectivity index (χ4v) is 2.17. The molecule has 0 aliphatic carbocycles. The third kappa shape index (κ3) is 3.55. The molecule has 2 rings (SSSR count). The summed E-state index contributed by atoms with van der Waals surface area (Å²) in [6.45, 7) is 3.79. The third-order valence-electron chi connectivity index (χ3n) is 3.13. The van der Waals surface area contributed by atoms with Crippen molar-refractivity contribution in [2.75, 3.05) is 18.5 Å². The third-order valence-corrected chi connectivity index (χ3v) is 3.13. The zero-order valence-corrected chi connectivity index (χ0v) is 12.7. The summed E-state index contributed by atoms with van der Waals surface area (Å²) in [6.07, 6.45) is 0. The number of carbonyl (C=O) groups is 2. The largest absolute Gasteiger partial charge is 0.464 e. The van der Waals surface area contributed by atoms with E-state index < -0.39 is 18.0 Å². The van der Waals surface area contributed by atoms with E-state index in [0.717, 1.165) is 10.8 Å². The maximum atomic E-state index is 12.0. The molecule has 0 heterocycles. The van der Waals surface area contributed by atoms with Gasteiger partial charge in [-0.2, -0.15) is 0 Å². The predicted octanol–water partition coefficient (Wildman–Crippen LogP) is 2.75. The van der Waals surface area contributed by atoms with E-state index in [0.29, 0.717) is 5.69 Å². The maximum absolute atomic E-state index is 12.0. The fraction of sp³-hybridized carbons (Fsp3) is 0.294. The summed E-state index contributed by atoms with van der Waals surface area (Å²) in [6, 6.07) is 12.2. The molecule has 0 spiro atoms. The summed E-state index contributed by atoms with van der Waals surface area (Å²) in [4.78, 5) is 24.0. The summed E-state index contributed by atoms with van der Waals surface area (Å²) in [5, 5.41) is 4.88. The number of nitrogens with one attached hydrogen (secondary N) is 1. The van der Waals surface area contributed by atoms with Crippen LogP contribution >= 0.6 is 0 Å². The van der Waals surface area contributed by atoms with E-state index >= 15 is 0 Å². The van der Waals surface area contributed by atoms with Crippen LogP contribution in [0.15, 0.2) is 42.5 Å². The second kappa shape index (κ2) is 7.45. The molecule has 2 aromatic rings. The van der Waals surface area contributed by atoms with Crippen LogP contribution in [-0.2, 0) is 19.1 Å². The van der Waals surface area contributed by atoms with Gasteiger partial charge in [0.15, 0.2) is 0 Å². The summed E-state index contributed by atoms with van der Waals surface area (Å²) in [5.41, 5.74) is 0.684. The first-order chi connectivity index (χ1) is 10.7. The molecule has 22 heavy (non-hydrogen) atoms. The van der Waals surface area contributed by atoms with Gasteiger partial charge >= 0.3 is 11.9 Å². The van der Waals surface area contributed by atoms with Gasteiger partial charge in [-0.05, 0) is 25.3 Å². The maximum Gasteiger partial charge on any atom is 0.340 e. The average molecular weight is 301 g/mol. The topological polar surface area (TPSA) is 64.6 Å². The number of esters is 2. The fourth-order valence-electron chi connectivity index (χ4n) is 2.17. The van der Waals surface area contributed by atoms with Gasteiger partial charge in [-0.1, -0.05) is 36.4 Å². The van der Waals surface area contributed by atoms with Crippen LogP contribution < -0.4 is 5.32 Å². The van der Waals surface area contributed by atoms with Crippen molar-refractivity contribution in [2.24, 2.45) is 0 Å². The Morgan fingerprint density at radius 2 is 1.55 bits per heavy atom. The van der Waals surface area contributed by atoms with E-state index in [4.69, 9.17) is 9.47 Å². The molecule has 0 aromatic heterocycles. The van der Waals surface area contributed by atoms with Crippen molar-refractivity contribution in [3.8, 4) is 0 Å². The molecule has 5 heteroatoms. The number of benzene rings is 2. The van der Waals surface area contributed by atoms with Crippen molar-refractivity contribution < 1.29 is 19.1 Å². The van der Waals surface area contributed by atoms with E-state index in [2.05, 4.69) is 5.32 Å². The van der Waals surface area contributed by atoms with Crippen LogP contribution in [0.2, 0.25) is 0 Å². The van der Waals surface area contributed by atoms with Crippen LogP contribution in [0.3, 0.4) is 0 Å². The molecule has 0 fully saturated rings. The molecule has 0 saturated heterocycles. The Labute approximate surface area is 129 Å². The Morgan fingerprint density at radius 3 is 2.18 bits per heavy atom. The molecule has 0 bridgehead atoms. The van der Waals surface area contributed by atoms with Gasteiger partial charge in [-0.3, -0.25) is 0 Å². The van der Waals surface area contributed by atoms with Crippen molar-refractivity contribution in [2.45, 2.75) is 19.9 Å². The SMILES string of the molecule is CCOC(=O)C(Nc1cccc2ccccc12)C(=O)OCC. The highest BCUT2D eigenvalue weighted by Gasteiger charge is 2.29. The molecule has 0 aliphatic heterocycles. The van der Waals surface area contributed by atoms with E-state index in [1.807, 2.05) is 42.5 Å². The molecule has 0 radical (unpaired) electrons. The van der Waals surface area contributed by atoms with Crippen LogP contribution in [0.1, 0.15) is 13.8 Å². The molecule has 0 atom stereocenters. The Kier molecular flexibility index (Phi) is 5.36. The molecular weight excluding hydrogens is 282 g/mol. The van der Waals surface area contributed by atoms with Gasteiger partial charge in [0.2, 0.25) is 6.04 Å². The minimum absolute atomic E-state index is 0.200. The highest BCUT2D eigenvalue weighted by molar-refractivity contribution is 6.04. The predicted molar refractivity (Wildman–Crippen MR) is 84.6 cm³/mol. The number of hydrogen-bond donors (Lipinski definition) is 1. The number of carbonyl (C=O) groups excluding carboxylic acids is 2. The van der Waals surface area contributed by atoms with E-state index in [9.17, 15) is 9.59 Å². The first kappa shape index (κ1) is 15.8. The van der Waals surface area contributed by atoms with E-state index in [1.165, 1.54) is 0 Å². The highest BCUT2D eigenvalue weighted by Crippen LogP contribution is 2.24. The van der Waals surface area contributed by atoms with Crippen molar-refractivity contribution in [3.63, 3.8) is 0 Å². The number of fused-ring (bicyclic) bond motifs is 1. The van der Waals surface area contributed by atoms with Gasteiger partial charge in [0.25, 0.3) is 0 Å². The van der Waals surface area contributed by atoms with Gasteiger partial charge in [-0.15, -0.1) is 0 Å². The van der Waals surface area contributed by atoms with Crippen molar-refractivity contribution in [1.29, 1.82) is 0 Å².